The fourth-order valence-electron chi connectivity index (χ4n) is 5.39. The summed E-state index contributed by atoms with van der Waals surface area (Å²) in [7, 11) is -4.61. The molecule has 0 rings (SSSR count). The van der Waals surface area contributed by atoms with Gasteiger partial charge in [-0.25, -0.2) is 4.57 Å². The molecule has 0 saturated heterocycles. The Hall–Kier alpha value is -1.55. The normalized spacial score (nSPS) is 14.2. The molecule has 0 bridgehead atoms. The molecule has 0 aromatic heterocycles. The lowest BCUT2D eigenvalue weighted by Crippen LogP contribution is -2.29. The van der Waals surface area contributed by atoms with Gasteiger partial charge in [-0.1, -0.05) is 128 Å². The largest absolute Gasteiger partial charge is 0.472 e. The van der Waals surface area contributed by atoms with Crippen molar-refractivity contribution >= 4 is 19.8 Å². The molecule has 0 aromatic rings. The summed E-state index contributed by atoms with van der Waals surface area (Å²) >= 11 is 0. The predicted molar refractivity (Wildman–Crippen MR) is 205 cm³/mol. The molecule has 0 heterocycles. The highest BCUT2D eigenvalue weighted by Gasteiger charge is 2.27. The smallest absolute Gasteiger partial charge is 0.462 e. The van der Waals surface area contributed by atoms with Gasteiger partial charge in [0.2, 0.25) is 0 Å². The van der Waals surface area contributed by atoms with Gasteiger partial charge in [-0.3, -0.25) is 18.6 Å². The molecule has 0 radical (unpaired) electrons. The van der Waals surface area contributed by atoms with E-state index < -0.39 is 51.8 Å². The second-order valence-electron chi connectivity index (χ2n) is 13.7. The van der Waals surface area contributed by atoms with Gasteiger partial charge in [0.15, 0.2) is 6.10 Å². The average molecular weight is 747 g/mol. The van der Waals surface area contributed by atoms with E-state index in [1.165, 1.54) is 77.0 Å². The standard InChI is InChI=1S/C40H75O10P/c1-3-5-7-9-11-13-15-17-18-20-21-23-25-27-29-31-39(43)47-35-38(36-49-51(45,46)48-34-37(42)33-41)50-40(44)32-30-28-26-24-22-19-16-14-12-10-8-6-4-2/h13-16,37-38,41-42H,3-12,17-36H2,1-2H3,(H,45,46)/b15-13+,16-14+/t37-,38+/m0/s1. The molecule has 10 nitrogen and oxygen atoms in total. The van der Waals surface area contributed by atoms with Crippen LogP contribution in [0.5, 0.6) is 0 Å². The summed E-state index contributed by atoms with van der Waals surface area (Å²) < 4.78 is 32.6. The van der Waals surface area contributed by atoms with Crippen LogP contribution in [0.1, 0.15) is 181 Å². The van der Waals surface area contributed by atoms with E-state index in [9.17, 15) is 24.2 Å². The number of phosphoric ester groups is 1. The number of rotatable bonds is 38. The van der Waals surface area contributed by atoms with Crippen LogP contribution in [-0.2, 0) is 32.7 Å². The SMILES string of the molecule is CCCCCC/C=C/CCCCCCCCCC(=O)OC[C@H](COP(=O)(O)OC[C@@H](O)CO)OC(=O)CCCCCCC/C=C/CCCCCC. The lowest BCUT2D eigenvalue weighted by molar-refractivity contribution is -0.161. The molecular formula is C40H75O10P. The molecule has 0 aliphatic carbocycles. The maximum absolute atomic E-state index is 12.6. The van der Waals surface area contributed by atoms with Crippen LogP contribution in [0.4, 0.5) is 0 Å². The fourth-order valence-corrected chi connectivity index (χ4v) is 6.18. The van der Waals surface area contributed by atoms with E-state index in [0.29, 0.717) is 12.8 Å². The molecule has 0 aliphatic heterocycles. The van der Waals surface area contributed by atoms with Crippen LogP contribution < -0.4 is 0 Å². The highest BCUT2D eigenvalue weighted by Crippen LogP contribution is 2.43. The van der Waals surface area contributed by atoms with E-state index in [4.69, 9.17) is 19.1 Å². The molecule has 3 atom stereocenters. The number of allylic oxidation sites excluding steroid dienone is 4. The van der Waals surface area contributed by atoms with Crippen LogP contribution in [0, 0.1) is 0 Å². The minimum absolute atomic E-state index is 0.175. The van der Waals surface area contributed by atoms with Gasteiger partial charge < -0.3 is 24.6 Å². The Kier molecular flexibility index (Phi) is 35.7. The van der Waals surface area contributed by atoms with Crippen LogP contribution in [0.25, 0.3) is 0 Å². The number of carbonyl (C=O) groups is 2. The molecular weight excluding hydrogens is 671 g/mol. The summed E-state index contributed by atoms with van der Waals surface area (Å²) in [5, 5.41) is 18.3. The number of hydrogen-bond acceptors (Lipinski definition) is 9. The summed E-state index contributed by atoms with van der Waals surface area (Å²) in [6, 6.07) is 0. The second kappa shape index (κ2) is 36.8. The first-order valence-electron chi connectivity index (χ1n) is 20.3. The van der Waals surface area contributed by atoms with Gasteiger partial charge in [0, 0.05) is 12.8 Å². The number of aliphatic hydroxyl groups excluding tert-OH is 2. The number of hydrogen-bond donors (Lipinski definition) is 3. The maximum Gasteiger partial charge on any atom is 0.472 e. The summed E-state index contributed by atoms with van der Waals surface area (Å²) in [6.07, 6.45) is 34.3. The predicted octanol–water partition coefficient (Wildman–Crippen LogP) is 10.2. The van der Waals surface area contributed by atoms with Crippen LogP contribution >= 0.6 is 7.82 Å². The zero-order chi connectivity index (χ0) is 37.7. The van der Waals surface area contributed by atoms with E-state index in [1.54, 1.807) is 0 Å². The number of phosphoric acid groups is 1. The van der Waals surface area contributed by atoms with Crippen molar-refractivity contribution in [1.29, 1.82) is 0 Å². The van der Waals surface area contributed by atoms with E-state index >= 15 is 0 Å². The topological polar surface area (TPSA) is 149 Å². The van der Waals surface area contributed by atoms with Crippen molar-refractivity contribution in [3.8, 4) is 0 Å². The number of aliphatic hydroxyl groups is 2. The Balaban J connectivity index is 4.34. The highest BCUT2D eigenvalue weighted by atomic mass is 31.2. The monoisotopic (exact) mass is 747 g/mol. The number of carbonyl (C=O) groups excluding carboxylic acids is 2. The lowest BCUT2D eigenvalue weighted by Gasteiger charge is -2.20. The van der Waals surface area contributed by atoms with Crippen LogP contribution in [0.2, 0.25) is 0 Å². The van der Waals surface area contributed by atoms with Gasteiger partial charge in [-0.2, -0.15) is 0 Å². The van der Waals surface area contributed by atoms with Gasteiger partial charge in [-0.05, 0) is 64.2 Å². The first-order valence-corrected chi connectivity index (χ1v) is 21.8. The molecule has 300 valence electrons. The third-order valence-electron chi connectivity index (χ3n) is 8.58. The Morgan fingerprint density at radius 2 is 0.961 bits per heavy atom. The number of ether oxygens (including phenoxy) is 2. The van der Waals surface area contributed by atoms with Gasteiger partial charge >= 0.3 is 19.8 Å². The average Bonchev–Trinajstić information content (AvgIpc) is 3.12. The molecule has 3 N–H and O–H groups in total. The van der Waals surface area contributed by atoms with Crippen molar-refractivity contribution < 1.29 is 47.8 Å². The molecule has 0 fully saturated rings. The van der Waals surface area contributed by atoms with E-state index in [2.05, 4.69) is 42.7 Å². The Morgan fingerprint density at radius 1 is 0.569 bits per heavy atom. The molecule has 0 aliphatic rings. The van der Waals surface area contributed by atoms with Crippen molar-refractivity contribution in [3.63, 3.8) is 0 Å². The first-order chi connectivity index (χ1) is 24.7. The fraction of sp³-hybridized carbons (Fsp3) is 0.850. The van der Waals surface area contributed by atoms with Crippen molar-refractivity contribution in [2.24, 2.45) is 0 Å². The summed E-state index contributed by atoms with van der Waals surface area (Å²) in [5.74, 6) is -0.938. The molecule has 1 unspecified atom stereocenters. The summed E-state index contributed by atoms with van der Waals surface area (Å²) in [6.45, 7) is 2.33. The van der Waals surface area contributed by atoms with Crippen molar-refractivity contribution in [2.75, 3.05) is 26.4 Å². The molecule has 11 heteroatoms. The quantitative estimate of drug-likeness (QED) is 0.0241. The van der Waals surface area contributed by atoms with Gasteiger partial charge in [0.1, 0.15) is 12.7 Å². The zero-order valence-electron chi connectivity index (χ0n) is 32.3. The van der Waals surface area contributed by atoms with E-state index in [-0.39, 0.29) is 19.4 Å². The van der Waals surface area contributed by atoms with Crippen molar-refractivity contribution in [2.45, 2.75) is 193 Å². The maximum atomic E-state index is 12.6. The lowest BCUT2D eigenvalue weighted by atomic mass is 10.1. The van der Waals surface area contributed by atoms with Crippen LogP contribution in [0.3, 0.4) is 0 Å². The third kappa shape index (κ3) is 36.6. The summed E-state index contributed by atoms with van der Waals surface area (Å²) in [4.78, 5) is 34.9. The van der Waals surface area contributed by atoms with Crippen molar-refractivity contribution in [3.05, 3.63) is 24.3 Å². The van der Waals surface area contributed by atoms with Crippen LogP contribution in [0.15, 0.2) is 24.3 Å². The number of unbranched alkanes of at least 4 members (excludes halogenated alkanes) is 20. The molecule has 0 spiro atoms. The highest BCUT2D eigenvalue weighted by molar-refractivity contribution is 7.47. The Bertz CT molecular complexity index is 910. The molecule has 0 saturated carbocycles. The van der Waals surface area contributed by atoms with E-state index in [1.807, 2.05) is 0 Å². The minimum atomic E-state index is -4.61. The Labute approximate surface area is 310 Å². The van der Waals surface area contributed by atoms with E-state index in [0.717, 1.165) is 64.2 Å². The minimum Gasteiger partial charge on any atom is -0.462 e. The summed E-state index contributed by atoms with van der Waals surface area (Å²) in [5.41, 5.74) is 0. The van der Waals surface area contributed by atoms with Crippen LogP contribution in [-0.4, -0.2) is 65.7 Å². The van der Waals surface area contributed by atoms with Gasteiger partial charge in [0.25, 0.3) is 0 Å². The van der Waals surface area contributed by atoms with Gasteiger partial charge in [-0.15, -0.1) is 0 Å². The first kappa shape index (κ1) is 49.5. The molecule has 51 heavy (non-hydrogen) atoms. The van der Waals surface area contributed by atoms with Crippen molar-refractivity contribution in [1.82, 2.24) is 0 Å². The molecule has 0 amide bonds. The second-order valence-corrected chi connectivity index (χ2v) is 15.1. The Morgan fingerprint density at radius 3 is 1.41 bits per heavy atom. The number of esters is 2. The molecule has 0 aromatic carbocycles. The van der Waals surface area contributed by atoms with Gasteiger partial charge in [0.05, 0.1) is 19.8 Å². The zero-order valence-corrected chi connectivity index (χ0v) is 33.2. The third-order valence-corrected chi connectivity index (χ3v) is 9.53.